The first-order chi connectivity index (χ1) is 15.3. The minimum absolute atomic E-state index is 0.0403. The number of amides is 1. The van der Waals surface area contributed by atoms with E-state index < -0.39 is 11.8 Å². The third kappa shape index (κ3) is 4.89. The minimum Gasteiger partial charge on any atom is -0.376 e. The third-order valence-corrected chi connectivity index (χ3v) is 7.33. The number of carbonyl (C=O) groups is 1. The summed E-state index contributed by atoms with van der Waals surface area (Å²) in [6.45, 7) is 2.52. The number of halogens is 3. The van der Waals surface area contributed by atoms with Crippen molar-refractivity contribution in [3.05, 3.63) is 79.4 Å². The van der Waals surface area contributed by atoms with E-state index in [-0.39, 0.29) is 11.8 Å². The molecule has 3 aromatic rings. The van der Waals surface area contributed by atoms with E-state index in [1.165, 1.54) is 16.9 Å². The van der Waals surface area contributed by atoms with Gasteiger partial charge < -0.3 is 5.32 Å². The zero-order valence-corrected chi connectivity index (χ0v) is 20.2. The molecule has 1 unspecified atom stereocenters. The van der Waals surface area contributed by atoms with Crippen LogP contribution >= 0.6 is 46.1 Å². The van der Waals surface area contributed by atoms with Gasteiger partial charge in [0.1, 0.15) is 5.71 Å². The predicted molar refractivity (Wildman–Crippen MR) is 135 cm³/mol. The molecule has 1 aliphatic heterocycles. The maximum Gasteiger partial charge on any atom is 0.283 e. The number of hydrogen-bond acceptors (Lipinski definition) is 5. The molecule has 0 radical (unpaired) electrons. The Morgan fingerprint density at radius 1 is 1.12 bits per heavy atom. The van der Waals surface area contributed by atoms with Gasteiger partial charge in [-0.25, -0.2) is 0 Å². The first-order valence-corrected chi connectivity index (χ1v) is 12.0. The molecule has 2 heterocycles. The Labute approximate surface area is 205 Å². The van der Waals surface area contributed by atoms with Gasteiger partial charge in [-0.05, 0) is 48.4 Å². The Kier molecular flexibility index (Phi) is 6.96. The van der Waals surface area contributed by atoms with Crippen molar-refractivity contribution in [3.63, 3.8) is 0 Å². The van der Waals surface area contributed by atoms with Gasteiger partial charge in [-0.1, -0.05) is 59.9 Å². The standard InChI is InChI=1S/C23H21Cl3N4OS/c1-13(21(27)23(31)29-30-11-10-14-4-2-3-5-18(14)30)22(19-8-9-20(26)32-19)28-17-7-6-15(24)12-16(17)25/h2-9,12-13,22,27-28H,10-11H2,1H3,(H,29,31)/t13-,22?/m1/s1. The van der Waals surface area contributed by atoms with E-state index in [1.807, 2.05) is 37.3 Å². The summed E-state index contributed by atoms with van der Waals surface area (Å²) in [5.41, 5.74) is 5.66. The molecule has 0 bridgehead atoms. The number of fused-ring (bicyclic) bond motifs is 1. The number of hydrazine groups is 1. The molecule has 2 aromatic carbocycles. The number of carbonyl (C=O) groups excluding carboxylic acids is 1. The average molecular weight is 508 g/mol. The van der Waals surface area contributed by atoms with E-state index in [0.29, 0.717) is 26.6 Å². The molecule has 0 saturated carbocycles. The number of thiophene rings is 1. The van der Waals surface area contributed by atoms with Crippen LogP contribution in [0.15, 0.2) is 54.6 Å². The van der Waals surface area contributed by atoms with Crippen molar-refractivity contribution in [3.8, 4) is 0 Å². The highest BCUT2D eigenvalue weighted by Gasteiger charge is 2.30. The van der Waals surface area contributed by atoms with Crippen molar-refractivity contribution in [1.82, 2.24) is 5.43 Å². The summed E-state index contributed by atoms with van der Waals surface area (Å²) >= 11 is 20.0. The smallest absolute Gasteiger partial charge is 0.283 e. The highest BCUT2D eigenvalue weighted by molar-refractivity contribution is 7.16. The second-order valence-corrected chi connectivity index (χ2v) is 10.2. The maximum absolute atomic E-state index is 13.0. The highest BCUT2D eigenvalue weighted by Crippen LogP contribution is 2.37. The molecule has 4 rings (SSSR count). The van der Waals surface area contributed by atoms with Crippen LogP contribution in [0.2, 0.25) is 14.4 Å². The maximum atomic E-state index is 13.0. The number of para-hydroxylation sites is 1. The molecule has 166 valence electrons. The number of hydrogen-bond donors (Lipinski definition) is 3. The molecule has 0 fully saturated rings. The summed E-state index contributed by atoms with van der Waals surface area (Å²) in [5.74, 6) is -0.903. The monoisotopic (exact) mass is 506 g/mol. The fourth-order valence-electron chi connectivity index (χ4n) is 3.72. The van der Waals surface area contributed by atoms with Crippen LogP contribution in [0.4, 0.5) is 11.4 Å². The molecule has 1 aliphatic rings. The van der Waals surface area contributed by atoms with E-state index in [9.17, 15) is 4.79 Å². The van der Waals surface area contributed by atoms with Crippen molar-refractivity contribution in [1.29, 1.82) is 5.41 Å². The molecule has 5 nitrogen and oxygen atoms in total. The van der Waals surface area contributed by atoms with Gasteiger partial charge >= 0.3 is 0 Å². The largest absolute Gasteiger partial charge is 0.376 e. The summed E-state index contributed by atoms with van der Waals surface area (Å²) in [7, 11) is 0. The van der Waals surface area contributed by atoms with Gasteiger partial charge in [-0.2, -0.15) is 0 Å². The van der Waals surface area contributed by atoms with Crippen molar-refractivity contribution in [2.75, 3.05) is 16.9 Å². The van der Waals surface area contributed by atoms with Crippen LogP contribution in [0.3, 0.4) is 0 Å². The van der Waals surface area contributed by atoms with E-state index in [1.54, 1.807) is 29.3 Å². The number of benzene rings is 2. The summed E-state index contributed by atoms with van der Waals surface area (Å²) in [4.78, 5) is 13.9. The Bertz CT molecular complexity index is 1170. The lowest BCUT2D eigenvalue weighted by atomic mass is 9.94. The summed E-state index contributed by atoms with van der Waals surface area (Å²) in [6.07, 6.45) is 0.853. The van der Waals surface area contributed by atoms with Gasteiger partial charge in [0, 0.05) is 22.4 Å². The van der Waals surface area contributed by atoms with E-state index in [2.05, 4.69) is 10.7 Å². The van der Waals surface area contributed by atoms with Crippen LogP contribution in [0.25, 0.3) is 0 Å². The number of anilines is 2. The minimum atomic E-state index is -0.464. The Hall–Kier alpha value is -2.25. The molecule has 3 N–H and O–H groups in total. The third-order valence-electron chi connectivity index (χ3n) is 5.47. The quantitative estimate of drug-likeness (QED) is 0.315. The molecule has 32 heavy (non-hydrogen) atoms. The van der Waals surface area contributed by atoms with Crippen LogP contribution < -0.4 is 15.8 Å². The highest BCUT2D eigenvalue weighted by atomic mass is 35.5. The second-order valence-electron chi connectivity index (χ2n) is 7.56. The molecule has 0 saturated heterocycles. The molecule has 0 aliphatic carbocycles. The average Bonchev–Trinajstić information content (AvgIpc) is 3.38. The lowest BCUT2D eigenvalue weighted by Gasteiger charge is -2.27. The van der Waals surface area contributed by atoms with Crippen molar-refractivity contribution < 1.29 is 4.79 Å². The topological polar surface area (TPSA) is 68.2 Å². The zero-order valence-electron chi connectivity index (χ0n) is 17.2. The van der Waals surface area contributed by atoms with Gasteiger partial charge in [0.2, 0.25) is 0 Å². The first kappa shape index (κ1) is 22.9. The number of rotatable bonds is 7. The molecular formula is C23H21Cl3N4OS. The summed E-state index contributed by atoms with van der Waals surface area (Å²) < 4.78 is 0.630. The molecule has 1 aromatic heterocycles. The van der Waals surface area contributed by atoms with Gasteiger partial charge in [0.15, 0.2) is 0 Å². The van der Waals surface area contributed by atoms with Gasteiger partial charge in [0.05, 0.1) is 26.8 Å². The van der Waals surface area contributed by atoms with Crippen LogP contribution in [0, 0.1) is 11.3 Å². The molecule has 9 heteroatoms. The fraction of sp³-hybridized carbons (Fsp3) is 0.217. The van der Waals surface area contributed by atoms with Crippen molar-refractivity contribution in [2.45, 2.75) is 19.4 Å². The van der Waals surface area contributed by atoms with Crippen LogP contribution in [-0.4, -0.2) is 18.2 Å². The van der Waals surface area contributed by atoms with Crippen molar-refractivity contribution >= 4 is 69.1 Å². The number of nitrogens with zero attached hydrogens (tertiary/aromatic N) is 1. The van der Waals surface area contributed by atoms with Gasteiger partial charge in [-0.15, -0.1) is 11.3 Å². The SMILES string of the molecule is C[C@H](C(=N)C(=O)NN1CCc2ccccc21)C(Nc1ccc(Cl)cc1Cl)c1ccc(Cl)s1. The fourth-order valence-corrected chi connectivity index (χ4v) is 5.40. The Morgan fingerprint density at radius 2 is 1.91 bits per heavy atom. The molecular weight excluding hydrogens is 487 g/mol. The zero-order chi connectivity index (χ0) is 22.8. The van der Waals surface area contributed by atoms with Crippen LogP contribution in [-0.2, 0) is 11.2 Å². The Morgan fingerprint density at radius 3 is 2.62 bits per heavy atom. The van der Waals surface area contributed by atoms with Gasteiger partial charge in [-0.3, -0.25) is 20.6 Å². The van der Waals surface area contributed by atoms with E-state index >= 15 is 0 Å². The molecule has 1 amide bonds. The molecule has 2 atom stereocenters. The predicted octanol–water partition coefficient (Wildman–Crippen LogP) is 6.61. The first-order valence-electron chi connectivity index (χ1n) is 10.0. The summed E-state index contributed by atoms with van der Waals surface area (Å²) in [5, 5.41) is 14.8. The second kappa shape index (κ2) is 9.71. The van der Waals surface area contributed by atoms with E-state index in [0.717, 1.165) is 17.0 Å². The van der Waals surface area contributed by atoms with Gasteiger partial charge in [0.25, 0.3) is 5.91 Å². The normalized spacial score (nSPS) is 14.6. The molecule has 0 spiro atoms. The Balaban J connectivity index is 1.54. The van der Waals surface area contributed by atoms with Crippen molar-refractivity contribution in [2.24, 2.45) is 5.92 Å². The summed E-state index contributed by atoms with van der Waals surface area (Å²) in [6, 6.07) is 16.4. The lowest BCUT2D eigenvalue weighted by molar-refractivity contribution is -0.115. The van der Waals surface area contributed by atoms with Crippen LogP contribution in [0.5, 0.6) is 0 Å². The van der Waals surface area contributed by atoms with Crippen LogP contribution in [0.1, 0.15) is 23.4 Å². The van der Waals surface area contributed by atoms with E-state index in [4.69, 9.17) is 40.2 Å². The number of nitrogens with one attached hydrogen (secondary N) is 3. The lowest BCUT2D eigenvalue weighted by Crippen LogP contribution is -2.46.